The third-order valence-electron chi connectivity index (χ3n) is 3.92. The van der Waals surface area contributed by atoms with Crippen molar-refractivity contribution in [2.75, 3.05) is 32.8 Å². The Kier molecular flexibility index (Phi) is 14.5. The van der Waals surface area contributed by atoms with Crippen molar-refractivity contribution in [3.8, 4) is 0 Å². The number of benzene rings is 1. The molecule has 0 spiro atoms. The maximum atomic E-state index is 12.2. The first-order chi connectivity index (χ1) is 12.9. The summed E-state index contributed by atoms with van der Waals surface area (Å²) in [5.74, 6) is 1.12. The van der Waals surface area contributed by atoms with Gasteiger partial charge in [-0.15, -0.1) is 24.0 Å². The highest BCUT2D eigenvalue weighted by Gasteiger charge is 2.13. The molecule has 0 aliphatic rings. The lowest BCUT2D eigenvalue weighted by atomic mass is 10.0. The monoisotopic (exact) mass is 526 g/mol. The standard InChI is InChI=1S/C19H34N4O3S.HI/c1-5-20-19(21-13-12-18(16(3)4)26-6-2)22-14-15-23-27(24,25)17-10-8-7-9-11-17;/h7-11,16,18,23H,5-6,12-15H2,1-4H3,(H2,20,21,22);1H. The van der Waals surface area contributed by atoms with Crippen LogP contribution in [0, 0.1) is 5.92 Å². The van der Waals surface area contributed by atoms with Crippen LogP contribution >= 0.6 is 24.0 Å². The lowest BCUT2D eigenvalue weighted by molar-refractivity contribution is 0.0266. The van der Waals surface area contributed by atoms with Gasteiger partial charge in [-0.3, -0.25) is 4.99 Å². The Labute approximate surface area is 187 Å². The number of guanidine groups is 1. The Morgan fingerprint density at radius 3 is 2.36 bits per heavy atom. The van der Waals surface area contributed by atoms with Crippen LogP contribution in [0.25, 0.3) is 0 Å². The fourth-order valence-electron chi connectivity index (χ4n) is 2.52. The lowest BCUT2D eigenvalue weighted by Crippen LogP contribution is -2.41. The van der Waals surface area contributed by atoms with Crippen molar-refractivity contribution in [2.45, 2.75) is 45.1 Å². The van der Waals surface area contributed by atoms with Gasteiger partial charge in [0.15, 0.2) is 5.96 Å². The van der Waals surface area contributed by atoms with Gasteiger partial charge in [-0.25, -0.2) is 13.1 Å². The third-order valence-corrected chi connectivity index (χ3v) is 5.39. The van der Waals surface area contributed by atoms with Crippen LogP contribution in [-0.4, -0.2) is 53.3 Å². The van der Waals surface area contributed by atoms with E-state index in [1.807, 2.05) is 13.8 Å². The summed E-state index contributed by atoms with van der Waals surface area (Å²) in [7, 11) is -3.48. The molecule has 0 radical (unpaired) electrons. The topological polar surface area (TPSA) is 91.8 Å². The third kappa shape index (κ3) is 10.6. The van der Waals surface area contributed by atoms with Crippen molar-refractivity contribution in [2.24, 2.45) is 10.9 Å². The first-order valence-electron chi connectivity index (χ1n) is 9.59. The zero-order valence-electron chi connectivity index (χ0n) is 17.3. The zero-order valence-corrected chi connectivity index (χ0v) is 20.4. The molecule has 9 heteroatoms. The van der Waals surface area contributed by atoms with E-state index >= 15 is 0 Å². The first kappa shape index (κ1) is 27.1. The minimum atomic E-state index is -3.48. The Morgan fingerprint density at radius 1 is 1.11 bits per heavy atom. The van der Waals surface area contributed by atoms with Crippen LogP contribution in [-0.2, 0) is 14.8 Å². The molecule has 0 saturated carbocycles. The Hall–Kier alpha value is -0.910. The highest BCUT2D eigenvalue weighted by molar-refractivity contribution is 14.0. The molecule has 0 saturated heterocycles. The highest BCUT2D eigenvalue weighted by Crippen LogP contribution is 2.10. The molecule has 1 unspecified atom stereocenters. The number of hydrogen-bond acceptors (Lipinski definition) is 4. The van der Waals surface area contributed by atoms with Crippen LogP contribution < -0.4 is 15.4 Å². The molecular weight excluding hydrogens is 491 g/mol. The molecule has 0 bridgehead atoms. The quantitative estimate of drug-likeness (QED) is 0.169. The van der Waals surface area contributed by atoms with Crippen LogP contribution in [0.15, 0.2) is 40.2 Å². The van der Waals surface area contributed by atoms with Crippen LogP contribution in [0.5, 0.6) is 0 Å². The molecule has 0 aliphatic carbocycles. The van der Waals surface area contributed by atoms with Gasteiger partial charge in [-0.1, -0.05) is 32.0 Å². The van der Waals surface area contributed by atoms with Gasteiger partial charge in [0.1, 0.15) is 0 Å². The molecule has 1 aromatic carbocycles. The van der Waals surface area contributed by atoms with Gasteiger partial charge in [0.25, 0.3) is 0 Å². The van der Waals surface area contributed by atoms with E-state index in [2.05, 4.69) is 34.2 Å². The summed E-state index contributed by atoms with van der Waals surface area (Å²) in [6.45, 7) is 11.1. The minimum absolute atomic E-state index is 0. The van der Waals surface area contributed by atoms with Gasteiger partial charge in [-0.2, -0.15) is 0 Å². The van der Waals surface area contributed by atoms with E-state index in [1.54, 1.807) is 30.3 Å². The number of rotatable bonds is 12. The predicted molar refractivity (Wildman–Crippen MR) is 126 cm³/mol. The second kappa shape index (κ2) is 15.0. The van der Waals surface area contributed by atoms with Gasteiger partial charge in [-0.05, 0) is 38.3 Å². The molecule has 162 valence electrons. The molecule has 7 nitrogen and oxygen atoms in total. The lowest BCUT2D eigenvalue weighted by Gasteiger charge is -2.20. The Balaban J connectivity index is 0.00000729. The molecule has 1 atom stereocenters. The number of hydrogen-bond donors (Lipinski definition) is 3. The van der Waals surface area contributed by atoms with Crippen LogP contribution in [0.3, 0.4) is 0 Å². The molecule has 0 aromatic heterocycles. The molecule has 1 rings (SSSR count). The molecular formula is C19H35IN4O3S. The van der Waals surface area contributed by atoms with Gasteiger partial charge < -0.3 is 15.4 Å². The summed E-state index contributed by atoms with van der Waals surface area (Å²) in [4.78, 5) is 4.81. The fourth-order valence-corrected chi connectivity index (χ4v) is 3.57. The van der Waals surface area contributed by atoms with E-state index < -0.39 is 10.0 Å². The fraction of sp³-hybridized carbons (Fsp3) is 0.632. The van der Waals surface area contributed by atoms with Crippen molar-refractivity contribution in [1.82, 2.24) is 15.4 Å². The molecule has 3 N–H and O–H groups in total. The number of sulfonamides is 1. The largest absolute Gasteiger partial charge is 0.378 e. The normalized spacial score (nSPS) is 13.1. The van der Waals surface area contributed by atoms with Gasteiger partial charge >= 0.3 is 0 Å². The summed E-state index contributed by atoms with van der Waals surface area (Å²) in [5.41, 5.74) is 0. The zero-order chi connectivity index (χ0) is 20.1. The van der Waals surface area contributed by atoms with E-state index in [-0.39, 0.29) is 41.5 Å². The van der Waals surface area contributed by atoms with E-state index in [4.69, 9.17) is 4.74 Å². The summed E-state index contributed by atoms with van der Waals surface area (Å²) in [5, 5.41) is 6.32. The molecule has 0 amide bonds. The minimum Gasteiger partial charge on any atom is -0.378 e. The van der Waals surface area contributed by atoms with Crippen LogP contribution in [0.2, 0.25) is 0 Å². The predicted octanol–water partition coefficient (Wildman–Crippen LogP) is 2.59. The van der Waals surface area contributed by atoms with Crippen molar-refractivity contribution >= 4 is 40.0 Å². The van der Waals surface area contributed by atoms with Crippen LogP contribution in [0.4, 0.5) is 0 Å². The first-order valence-corrected chi connectivity index (χ1v) is 11.1. The SMILES string of the molecule is CCNC(=NCCC(OCC)C(C)C)NCCNS(=O)(=O)c1ccccc1.I. The number of halogens is 1. The maximum absolute atomic E-state index is 12.2. The molecule has 0 aliphatic heterocycles. The van der Waals surface area contributed by atoms with E-state index in [9.17, 15) is 8.42 Å². The van der Waals surface area contributed by atoms with Gasteiger partial charge in [0.2, 0.25) is 10.0 Å². The summed E-state index contributed by atoms with van der Waals surface area (Å²) >= 11 is 0. The van der Waals surface area contributed by atoms with Crippen LogP contribution in [0.1, 0.15) is 34.1 Å². The summed E-state index contributed by atoms with van der Waals surface area (Å²) in [6.07, 6.45) is 1.04. The van der Waals surface area contributed by atoms with Crippen molar-refractivity contribution in [1.29, 1.82) is 0 Å². The van der Waals surface area contributed by atoms with Gasteiger partial charge in [0, 0.05) is 32.8 Å². The van der Waals surface area contributed by atoms with E-state index in [0.29, 0.717) is 31.6 Å². The summed E-state index contributed by atoms with van der Waals surface area (Å²) in [6, 6.07) is 8.34. The Bertz CT molecular complexity index is 654. The number of ether oxygens (including phenoxy) is 1. The average Bonchev–Trinajstić information content (AvgIpc) is 2.65. The second-order valence-corrected chi connectivity index (χ2v) is 8.19. The number of nitrogens with one attached hydrogen (secondary N) is 3. The van der Waals surface area contributed by atoms with Gasteiger partial charge in [0.05, 0.1) is 11.0 Å². The molecule has 1 aromatic rings. The van der Waals surface area contributed by atoms with E-state index in [0.717, 1.165) is 13.0 Å². The van der Waals surface area contributed by atoms with Crippen molar-refractivity contribution in [3.63, 3.8) is 0 Å². The average molecular weight is 526 g/mol. The molecule has 0 heterocycles. The number of nitrogens with zero attached hydrogens (tertiary/aromatic N) is 1. The molecule has 0 fully saturated rings. The second-order valence-electron chi connectivity index (χ2n) is 6.42. The Morgan fingerprint density at radius 2 is 1.79 bits per heavy atom. The highest BCUT2D eigenvalue weighted by atomic mass is 127. The van der Waals surface area contributed by atoms with E-state index in [1.165, 1.54) is 0 Å². The molecule has 28 heavy (non-hydrogen) atoms. The summed E-state index contributed by atoms with van der Waals surface area (Å²) < 4.78 is 32.7. The maximum Gasteiger partial charge on any atom is 0.240 e. The number of aliphatic imine (C=N–C) groups is 1. The van der Waals surface area contributed by atoms with Crippen molar-refractivity contribution in [3.05, 3.63) is 30.3 Å². The smallest absolute Gasteiger partial charge is 0.240 e. The van der Waals surface area contributed by atoms with Crippen molar-refractivity contribution < 1.29 is 13.2 Å².